The Kier molecular flexibility index (Phi) is 4.25. The van der Waals surface area contributed by atoms with Crippen molar-refractivity contribution in [2.45, 2.75) is 13.1 Å². The molecular formula is C13H10F3N3O3. The number of halogens is 3. The minimum absolute atomic E-state index is 0.0391. The molecule has 22 heavy (non-hydrogen) atoms. The molecule has 0 N–H and O–H groups in total. The molecule has 0 aliphatic rings. The number of carbonyl (C=O) groups excluding carboxylic acids is 1. The molecule has 2 rings (SSSR count). The van der Waals surface area contributed by atoms with Gasteiger partial charge in [0, 0.05) is 0 Å². The van der Waals surface area contributed by atoms with Crippen molar-refractivity contribution in [3.05, 3.63) is 46.9 Å². The van der Waals surface area contributed by atoms with Gasteiger partial charge in [0.2, 0.25) is 0 Å². The highest BCUT2D eigenvalue weighted by Crippen LogP contribution is 2.31. The van der Waals surface area contributed by atoms with Crippen molar-refractivity contribution in [1.82, 2.24) is 10.3 Å². The van der Waals surface area contributed by atoms with E-state index in [-0.39, 0.29) is 28.3 Å². The molecule has 0 radical (unpaired) electrons. The molecule has 0 fully saturated rings. The first-order valence-corrected chi connectivity index (χ1v) is 6.15. The topological polar surface area (TPSA) is 79.0 Å². The summed E-state index contributed by atoms with van der Waals surface area (Å²) in [4.78, 5) is 11.9. The van der Waals surface area contributed by atoms with Gasteiger partial charge in [0.1, 0.15) is 11.4 Å². The Bertz CT molecular complexity index is 687. The quantitative estimate of drug-likeness (QED) is 0.492. The molecule has 0 aliphatic heterocycles. The van der Waals surface area contributed by atoms with Gasteiger partial charge in [-0.05, 0) is 24.6 Å². The Balaban J connectivity index is 2.47. The van der Waals surface area contributed by atoms with Crippen LogP contribution in [0.4, 0.5) is 13.2 Å². The molecule has 0 unspecified atom stereocenters. The molecule has 116 valence electrons. The second-order valence-electron chi connectivity index (χ2n) is 4.18. The van der Waals surface area contributed by atoms with Crippen LogP contribution in [0.5, 0.6) is 0 Å². The molecular weight excluding hydrogens is 303 g/mol. The van der Waals surface area contributed by atoms with E-state index in [1.54, 1.807) is 6.92 Å². The van der Waals surface area contributed by atoms with Gasteiger partial charge in [-0.1, -0.05) is 12.1 Å². The molecule has 0 spiro atoms. The molecule has 0 amide bonds. The highest BCUT2D eigenvalue weighted by atomic mass is 19.4. The summed E-state index contributed by atoms with van der Waals surface area (Å²) in [5.41, 5.74) is -0.826. The average Bonchev–Trinajstić information content (AvgIpc) is 2.46. The number of hydrogen-bond donors (Lipinski definition) is 0. The van der Waals surface area contributed by atoms with Crippen LogP contribution in [0.25, 0.3) is 11.1 Å². The van der Waals surface area contributed by atoms with Crippen LogP contribution in [0.15, 0.2) is 30.5 Å². The van der Waals surface area contributed by atoms with E-state index in [1.807, 2.05) is 0 Å². The lowest BCUT2D eigenvalue weighted by Crippen LogP contribution is -2.33. The summed E-state index contributed by atoms with van der Waals surface area (Å²) < 4.78 is 42.4. The minimum atomic E-state index is -4.47. The van der Waals surface area contributed by atoms with Gasteiger partial charge in [-0.25, -0.2) is 4.79 Å². The zero-order valence-electron chi connectivity index (χ0n) is 11.3. The van der Waals surface area contributed by atoms with Crippen molar-refractivity contribution in [2.24, 2.45) is 0 Å². The highest BCUT2D eigenvalue weighted by Gasteiger charge is 2.30. The Hall–Kier alpha value is -2.71. The Labute approximate surface area is 122 Å². The van der Waals surface area contributed by atoms with Gasteiger partial charge < -0.3 is 9.94 Å². The fraction of sp³-hybridized carbons (Fsp3) is 0.231. The number of carbonyl (C=O) groups is 1. The predicted octanol–water partition coefficient (Wildman–Crippen LogP) is 1.97. The summed E-state index contributed by atoms with van der Waals surface area (Å²) in [6.45, 7) is 1.67. The van der Waals surface area contributed by atoms with Crippen LogP contribution in [0.3, 0.4) is 0 Å². The SMILES string of the molecule is CCOC(=O)c1nn[n+]([O-])cc1-c1ccc(C(F)(F)F)cc1. The lowest BCUT2D eigenvalue weighted by Gasteiger charge is -2.08. The van der Waals surface area contributed by atoms with Crippen LogP contribution in [-0.2, 0) is 10.9 Å². The normalized spacial score (nSPS) is 11.3. The second-order valence-corrected chi connectivity index (χ2v) is 4.18. The number of nitrogens with zero attached hydrogens (tertiary/aromatic N) is 3. The summed E-state index contributed by atoms with van der Waals surface area (Å²) in [7, 11) is 0. The average molecular weight is 313 g/mol. The van der Waals surface area contributed by atoms with Gasteiger partial charge >= 0.3 is 12.1 Å². The van der Waals surface area contributed by atoms with Gasteiger partial charge in [-0.15, -0.1) is 4.85 Å². The fourth-order valence-corrected chi connectivity index (χ4v) is 1.74. The lowest BCUT2D eigenvalue weighted by atomic mass is 10.0. The van der Waals surface area contributed by atoms with Crippen LogP contribution in [0.1, 0.15) is 23.0 Å². The monoisotopic (exact) mass is 313 g/mol. The lowest BCUT2D eigenvalue weighted by molar-refractivity contribution is -0.674. The van der Waals surface area contributed by atoms with E-state index < -0.39 is 17.7 Å². The van der Waals surface area contributed by atoms with Gasteiger partial charge in [-0.3, -0.25) is 0 Å². The van der Waals surface area contributed by atoms with Crippen molar-refractivity contribution < 1.29 is 27.5 Å². The van der Waals surface area contributed by atoms with Crippen LogP contribution in [0.2, 0.25) is 0 Å². The first-order valence-electron chi connectivity index (χ1n) is 6.15. The van der Waals surface area contributed by atoms with Crippen LogP contribution < -0.4 is 4.85 Å². The standard InChI is InChI=1S/C13H10F3N3O3/c1-2-22-12(20)11-10(7-19(21)18-17-11)8-3-5-9(6-4-8)13(14,15)16/h3-7H,2H2,1H3. The third kappa shape index (κ3) is 3.30. The van der Waals surface area contributed by atoms with Crippen molar-refractivity contribution in [1.29, 1.82) is 0 Å². The number of benzene rings is 1. The Morgan fingerprint density at radius 1 is 1.32 bits per heavy atom. The number of aromatic nitrogens is 3. The summed E-state index contributed by atoms with van der Waals surface area (Å²) in [5.74, 6) is -0.814. The fourth-order valence-electron chi connectivity index (χ4n) is 1.74. The number of ether oxygens (including phenoxy) is 1. The van der Waals surface area contributed by atoms with Crippen LogP contribution in [0, 0.1) is 5.21 Å². The van der Waals surface area contributed by atoms with Crippen LogP contribution in [-0.4, -0.2) is 22.9 Å². The summed E-state index contributed by atoms with van der Waals surface area (Å²) in [6, 6.07) is 3.98. The van der Waals surface area contributed by atoms with E-state index in [0.717, 1.165) is 30.5 Å². The van der Waals surface area contributed by atoms with E-state index in [2.05, 4.69) is 10.3 Å². The first kappa shape index (κ1) is 15.7. The smallest absolute Gasteiger partial charge is 0.416 e. The maximum absolute atomic E-state index is 12.5. The highest BCUT2D eigenvalue weighted by molar-refractivity contribution is 5.94. The number of hydrogen-bond acceptors (Lipinski definition) is 5. The van der Waals surface area contributed by atoms with E-state index in [4.69, 9.17) is 4.74 Å². The third-order valence-electron chi connectivity index (χ3n) is 2.72. The predicted molar refractivity (Wildman–Crippen MR) is 67.4 cm³/mol. The van der Waals surface area contributed by atoms with Crippen molar-refractivity contribution in [2.75, 3.05) is 6.61 Å². The van der Waals surface area contributed by atoms with Crippen molar-refractivity contribution >= 4 is 5.97 Å². The Morgan fingerprint density at radius 3 is 2.50 bits per heavy atom. The maximum atomic E-state index is 12.5. The van der Waals surface area contributed by atoms with E-state index in [1.165, 1.54) is 0 Å². The Morgan fingerprint density at radius 2 is 1.95 bits per heavy atom. The van der Waals surface area contributed by atoms with E-state index in [0.29, 0.717) is 0 Å². The largest absolute Gasteiger partial charge is 0.691 e. The summed E-state index contributed by atoms with van der Waals surface area (Å²) >= 11 is 0. The molecule has 0 atom stereocenters. The molecule has 9 heteroatoms. The second kappa shape index (κ2) is 5.96. The van der Waals surface area contributed by atoms with Crippen LogP contribution >= 0.6 is 0 Å². The number of rotatable bonds is 3. The van der Waals surface area contributed by atoms with E-state index >= 15 is 0 Å². The molecule has 0 saturated heterocycles. The van der Waals surface area contributed by atoms with Gasteiger partial charge in [0.15, 0.2) is 0 Å². The molecule has 1 heterocycles. The molecule has 1 aromatic heterocycles. The molecule has 1 aromatic carbocycles. The summed E-state index contributed by atoms with van der Waals surface area (Å²) in [5, 5.41) is 17.8. The molecule has 0 saturated carbocycles. The minimum Gasteiger partial charge on any atom is -0.691 e. The third-order valence-corrected chi connectivity index (χ3v) is 2.72. The molecule has 0 aliphatic carbocycles. The van der Waals surface area contributed by atoms with Gasteiger partial charge in [-0.2, -0.15) is 13.2 Å². The number of esters is 1. The van der Waals surface area contributed by atoms with Gasteiger partial charge in [0.05, 0.1) is 22.8 Å². The molecule has 6 nitrogen and oxygen atoms in total. The first-order chi connectivity index (χ1) is 10.3. The zero-order valence-corrected chi connectivity index (χ0v) is 11.3. The van der Waals surface area contributed by atoms with E-state index in [9.17, 15) is 23.2 Å². The zero-order chi connectivity index (χ0) is 16.3. The summed E-state index contributed by atoms with van der Waals surface area (Å²) in [6.07, 6.45) is -3.53. The molecule has 0 bridgehead atoms. The van der Waals surface area contributed by atoms with Gasteiger partial charge in [0.25, 0.3) is 5.69 Å². The number of alkyl halides is 3. The maximum Gasteiger partial charge on any atom is 0.416 e. The van der Waals surface area contributed by atoms with Crippen molar-refractivity contribution in [3.63, 3.8) is 0 Å². The molecule has 2 aromatic rings. The van der Waals surface area contributed by atoms with Crippen molar-refractivity contribution in [3.8, 4) is 11.1 Å².